The van der Waals surface area contributed by atoms with Crippen LogP contribution in [0.2, 0.25) is 0 Å². The molecule has 0 bridgehead atoms. The summed E-state index contributed by atoms with van der Waals surface area (Å²) in [6.07, 6.45) is 1.88. The first-order valence-electron chi connectivity index (χ1n) is 7.38. The van der Waals surface area contributed by atoms with E-state index >= 15 is 0 Å². The lowest BCUT2D eigenvalue weighted by molar-refractivity contribution is 0.626. The fraction of sp³-hybridized carbons (Fsp3) is 0.312. The zero-order valence-electron chi connectivity index (χ0n) is 13.2. The van der Waals surface area contributed by atoms with Crippen LogP contribution in [-0.4, -0.2) is 19.1 Å². The van der Waals surface area contributed by atoms with Crippen LogP contribution >= 0.6 is 11.5 Å². The molecule has 0 aliphatic heterocycles. The second kappa shape index (κ2) is 6.45. The summed E-state index contributed by atoms with van der Waals surface area (Å²) >= 11 is 1.32. The lowest BCUT2D eigenvalue weighted by atomic mass is 10.0. The van der Waals surface area contributed by atoms with E-state index in [1.54, 1.807) is 16.8 Å². The Labute approximate surface area is 138 Å². The molecule has 23 heavy (non-hydrogen) atoms. The van der Waals surface area contributed by atoms with Gasteiger partial charge in [-0.15, -0.1) is 0 Å². The van der Waals surface area contributed by atoms with Crippen molar-refractivity contribution in [1.82, 2.24) is 19.1 Å². The molecule has 1 N–H and O–H groups in total. The fourth-order valence-electron chi connectivity index (χ4n) is 2.22. The molecule has 0 aliphatic carbocycles. The highest BCUT2D eigenvalue weighted by Gasteiger charge is 2.19. The molecular weight excluding hydrogens is 313 g/mol. The molecule has 1 aromatic carbocycles. The smallest absolute Gasteiger partial charge is 0.203 e. The quantitative estimate of drug-likeness (QED) is 0.774. The molecule has 0 amide bonds. The van der Waals surface area contributed by atoms with E-state index in [2.05, 4.69) is 33.6 Å². The van der Waals surface area contributed by atoms with Crippen LogP contribution in [0.5, 0.6) is 0 Å². The van der Waals surface area contributed by atoms with Gasteiger partial charge in [0.2, 0.25) is 5.13 Å². The Balaban J connectivity index is 1.92. The third-order valence-electron chi connectivity index (χ3n) is 3.46. The van der Waals surface area contributed by atoms with Crippen LogP contribution in [0.25, 0.3) is 0 Å². The van der Waals surface area contributed by atoms with Crippen LogP contribution in [-0.2, 0) is 7.05 Å². The van der Waals surface area contributed by atoms with Crippen LogP contribution in [0, 0.1) is 5.82 Å². The lowest BCUT2D eigenvalue weighted by Crippen LogP contribution is -2.13. The van der Waals surface area contributed by atoms with Crippen LogP contribution in [0.3, 0.4) is 0 Å². The molecule has 2 heterocycles. The molecule has 5 nitrogen and oxygen atoms in total. The molecule has 7 heteroatoms. The minimum atomic E-state index is -0.258. The van der Waals surface area contributed by atoms with Crippen molar-refractivity contribution in [1.29, 1.82) is 0 Å². The number of nitrogens with zero attached hydrogens (tertiary/aromatic N) is 4. The molecule has 3 aromatic rings. The summed E-state index contributed by atoms with van der Waals surface area (Å²) in [6.45, 7) is 4.12. The van der Waals surface area contributed by atoms with Crippen molar-refractivity contribution in [2.75, 3.05) is 5.32 Å². The van der Waals surface area contributed by atoms with Crippen molar-refractivity contribution in [2.24, 2.45) is 7.05 Å². The van der Waals surface area contributed by atoms with Gasteiger partial charge in [-0.2, -0.15) is 9.47 Å². The number of nitrogens with one attached hydrogen (secondary N) is 1. The van der Waals surface area contributed by atoms with Gasteiger partial charge in [-0.25, -0.2) is 9.37 Å². The van der Waals surface area contributed by atoms with E-state index in [1.807, 2.05) is 19.3 Å². The van der Waals surface area contributed by atoms with E-state index in [1.165, 1.54) is 23.7 Å². The fourth-order valence-corrected chi connectivity index (χ4v) is 2.96. The largest absolute Gasteiger partial charge is 0.348 e. The Hall–Kier alpha value is -2.28. The van der Waals surface area contributed by atoms with Gasteiger partial charge in [0.1, 0.15) is 11.6 Å². The summed E-state index contributed by atoms with van der Waals surface area (Å²) in [5, 5.41) is 8.56. The van der Waals surface area contributed by atoms with Gasteiger partial charge < -0.3 is 5.32 Å². The summed E-state index contributed by atoms with van der Waals surface area (Å²) < 4.78 is 19.3. The third-order valence-corrected chi connectivity index (χ3v) is 4.12. The molecule has 2 aromatic heterocycles. The number of hydrogen-bond acceptors (Lipinski definition) is 5. The first-order chi connectivity index (χ1) is 11.0. The Bertz CT molecular complexity index is 778. The Morgan fingerprint density at radius 2 is 1.91 bits per heavy atom. The molecular formula is C16H18FN5S. The topological polar surface area (TPSA) is 55.6 Å². The van der Waals surface area contributed by atoms with Crippen molar-refractivity contribution in [3.63, 3.8) is 0 Å². The molecule has 120 valence electrons. The van der Waals surface area contributed by atoms with E-state index in [0.29, 0.717) is 0 Å². The van der Waals surface area contributed by atoms with E-state index in [9.17, 15) is 4.39 Å². The third kappa shape index (κ3) is 3.56. The summed E-state index contributed by atoms with van der Waals surface area (Å²) in [6, 6.07) is 8.15. The van der Waals surface area contributed by atoms with E-state index in [4.69, 9.17) is 0 Å². The Kier molecular flexibility index (Phi) is 4.38. The first-order valence-corrected chi connectivity index (χ1v) is 8.15. The minimum Gasteiger partial charge on any atom is -0.348 e. The zero-order chi connectivity index (χ0) is 16.4. The summed E-state index contributed by atoms with van der Waals surface area (Å²) in [5.74, 6) is 0.837. The highest BCUT2D eigenvalue weighted by molar-refractivity contribution is 7.09. The van der Waals surface area contributed by atoms with Crippen molar-refractivity contribution < 1.29 is 4.39 Å². The number of hydrogen-bond donors (Lipinski definition) is 1. The van der Waals surface area contributed by atoms with E-state index in [-0.39, 0.29) is 17.8 Å². The van der Waals surface area contributed by atoms with Gasteiger partial charge in [0.25, 0.3) is 0 Å². The van der Waals surface area contributed by atoms with Gasteiger partial charge in [0.05, 0.1) is 11.7 Å². The molecule has 0 saturated carbocycles. The van der Waals surface area contributed by atoms with Crippen molar-refractivity contribution in [2.45, 2.75) is 25.8 Å². The molecule has 1 unspecified atom stereocenters. The standard InChI is InChI=1S/C16H18FN5S/c1-10(2)15-19-16(23-21-15)18-14(13-8-9-22(3)20-13)11-4-6-12(17)7-5-11/h4-10,14H,1-3H3,(H,18,19,21). The SMILES string of the molecule is CC(C)c1nsc(NC(c2ccc(F)cc2)c2ccn(C)n2)n1. The predicted molar refractivity (Wildman–Crippen MR) is 89.1 cm³/mol. The van der Waals surface area contributed by atoms with Crippen LogP contribution in [0.4, 0.5) is 9.52 Å². The molecule has 0 radical (unpaired) electrons. The molecule has 0 spiro atoms. The molecule has 0 saturated heterocycles. The van der Waals surface area contributed by atoms with Gasteiger partial charge in [0.15, 0.2) is 0 Å². The maximum Gasteiger partial charge on any atom is 0.203 e. The second-order valence-electron chi connectivity index (χ2n) is 5.66. The van der Waals surface area contributed by atoms with Gasteiger partial charge in [-0.1, -0.05) is 26.0 Å². The van der Waals surface area contributed by atoms with Gasteiger partial charge in [-0.3, -0.25) is 4.68 Å². The Morgan fingerprint density at radius 1 is 1.17 bits per heavy atom. The molecule has 0 fully saturated rings. The average molecular weight is 331 g/mol. The molecule has 0 aliphatic rings. The average Bonchev–Trinajstić information content (AvgIpc) is 3.15. The number of halogens is 1. The highest BCUT2D eigenvalue weighted by Crippen LogP contribution is 2.27. The number of benzene rings is 1. The van der Waals surface area contributed by atoms with Gasteiger partial charge in [0, 0.05) is 30.7 Å². The van der Waals surface area contributed by atoms with Crippen molar-refractivity contribution in [3.8, 4) is 0 Å². The number of aryl methyl sites for hydroxylation is 1. The molecule has 1 atom stereocenters. The monoisotopic (exact) mass is 331 g/mol. The number of aromatic nitrogens is 4. The highest BCUT2D eigenvalue weighted by atomic mass is 32.1. The van der Waals surface area contributed by atoms with Gasteiger partial charge >= 0.3 is 0 Å². The zero-order valence-corrected chi connectivity index (χ0v) is 14.0. The van der Waals surface area contributed by atoms with Crippen molar-refractivity contribution in [3.05, 3.63) is 59.4 Å². The second-order valence-corrected chi connectivity index (χ2v) is 6.41. The maximum absolute atomic E-state index is 13.2. The van der Waals surface area contributed by atoms with Crippen LogP contribution in [0.1, 0.15) is 42.9 Å². The predicted octanol–water partition coefficient (Wildman–Crippen LogP) is 3.74. The van der Waals surface area contributed by atoms with Crippen LogP contribution < -0.4 is 5.32 Å². The lowest BCUT2D eigenvalue weighted by Gasteiger charge is -2.16. The normalized spacial score (nSPS) is 12.6. The van der Waals surface area contributed by atoms with E-state index < -0.39 is 0 Å². The summed E-state index contributed by atoms with van der Waals surface area (Å²) in [5.41, 5.74) is 1.77. The minimum absolute atomic E-state index is 0.204. The molecule has 3 rings (SSSR count). The maximum atomic E-state index is 13.2. The summed E-state index contributed by atoms with van der Waals surface area (Å²) in [4.78, 5) is 4.51. The van der Waals surface area contributed by atoms with Crippen LogP contribution in [0.15, 0.2) is 36.5 Å². The number of anilines is 1. The summed E-state index contributed by atoms with van der Waals surface area (Å²) in [7, 11) is 1.87. The van der Waals surface area contributed by atoms with Crippen molar-refractivity contribution >= 4 is 16.7 Å². The van der Waals surface area contributed by atoms with E-state index in [0.717, 1.165) is 22.2 Å². The Morgan fingerprint density at radius 3 is 2.48 bits per heavy atom. The first kappa shape index (κ1) is 15.6. The van der Waals surface area contributed by atoms with Gasteiger partial charge in [-0.05, 0) is 23.8 Å². The number of rotatable bonds is 5.